The molecule has 1 nitrogen and oxygen atoms in total. The molecule has 0 aromatic heterocycles. The number of fused-ring (bicyclic) bond motifs is 3. The minimum atomic E-state index is 1.07. The van der Waals surface area contributed by atoms with Crippen molar-refractivity contribution >= 4 is 38.6 Å². The van der Waals surface area contributed by atoms with Crippen LogP contribution in [0.5, 0.6) is 0 Å². The van der Waals surface area contributed by atoms with Gasteiger partial charge in [0.1, 0.15) is 0 Å². The van der Waals surface area contributed by atoms with E-state index >= 15 is 0 Å². The summed E-state index contributed by atoms with van der Waals surface area (Å²) >= 11 is 0. The van der Waals surface area contributed by atoms with Gasteiger partial charge >= 0.3 is 0 Å². The highest BCUT2D eigenvalue weighted by atomic mass is 15.1. The van der Waals surface area contributed by atoms with E-state index in [1.54, 1.807) is 0 Å². The molecule has 0 unspecified atom stereocenters. The Kier molecular flexibility index (Phi) is 9.97. The second kappa shape index (κ2) is 16.7. The largest absolute Gasteiger partial charge is 0.310 e. The molecule has 0 saturated carbocycles. The fourth-order valence-electron chi connectivity index (χ4n) is 9.34. The maximum absolute atomic E-state index is 2.48. The van der Waals surface area contributed by atoms with Crippen molar-refractivity contribution in [1.29, 1.82) is 0 Å². The number of anilines is 3. The molecule has 0 aliphatic carbocycles. The molecule has 0 amide bonds. The summed E-state index contributed by atoms with van der Waals surface area (Å²) in [6.45, 7) is 0. The zero-order valence-corrected chi connectivity index (χ0v) is 34.8. The summed E-state index contributed by atoms with van der Waals surface area (Å²) in [5.74, 6) is 0. The predicted molar refractivity (Wildman–Crippen MR) is 269 cm³/mol. The van der Waals surface area contributed by atoms with Crippen LogP contribution < -0.4 is 4.90 Å². The molecule has 0 radical (unpaired) electrons. The average molecular weight is 802 g/mol. The Morgan fingerprint density at radius 3 is 1.19 bits per heavy atom. The van der Waals surface area contributed by atoms with Gasteiger partial charge in [-0.2, -0.15) is 0 Å². The zero-order chi connectivity index (χ0) is 42.0. The Hall–Kier alpha value is -8.26. The van der Waals surface area contributed by atoms with E-state index in [1.165, 1.54) is 77.2 Å². The van der Waals surface area contributed by atoms with E-state index in [4.69, 9.17) is 0 Å². The van der Waals surface area contributed by atoms with E-state index in [2.05, 4.69) is 266 Å². The summed E-state index contributed by atoms with van der Waals surface area (Å²) in [5, 5.41) is 4.90. The summed E-state index contributed by atoms with van der Waals surface area (Å²) in [5.41, 5.74) is 17.5. The molecule has 63 heavy (non-hydrogen) atoms. The molecule has 296 valence electrons. The van der Waals surface area contributed by atoms with Crippen LogP contribution in [0, 0.1) is 0 Å². The molecule has 0 atom stereocenters. The van der Waals surface area contributed by atoms with Crippen molar-refractivity contribution in [3.63, 3.8) is 0 Å². The van der Waals surface area contributed by atoms with Crippen LogP contribution in [-0.2, 0) is 0 Å². The molecule has 0 aliphatic rings. The van der Waals surface area contributed by atoms with Crippen molar-refractivity contribution < 1.29 is 0 Å². The van der Waals surface area contributed by atoms with Gasteiger partial charge in [0, 0.05) is 16.9 Å². The van der Waals surface area contributed by atoms with E-state index in [0.29, 0.717) is 0 Å². The fraction of sp³-hybridized carbons (Fsp3) is 0. The molecular weight excluding hydrogens is 759 g/mol. The van der Waals surface area contributed by atoms with Gasteiger partial charge < -0.3 is 4.90 Å². The molecule has 0 spiro atoms. The first-order valence-corrected chi connectivity index (χ1v) is 21.7. The third kappa shape index (κ3) is 7.16. The first-order valence-electron chi connectivity index (χ1n) is 21.7. The minimum Gasteiger partial charge on any atom is -0.310 e. The molecular formula is C62H43N. The highest BCUT2D eigenvalue weighted by molar-refractivity contribution is 6.22. The highest BCUT2D eigenvalue weighted by Gasteiger charge is 2.23. The van der Waals surface area contributed by atoms with Crippen LogP contribution in [0.1, 0.15) is 0 Å². The molecule has 0 saturated heterocycles. The van der Waals surface area contributed by atoms with Crippen LogP contribution in [0.15, 0.2) is 261 Å². The Morgan fingerprint density at radius 1 is 0.206 bits per heavy atom. The van der Waals surface area contributed by atoms with Gasteiger partial charge in [0.2, 0.25) is 0 Å². The van der Waals surface area contributed by atoms with E-state index in [1.807, 2.05) is 0 Å². The summed E-state index contributed by atoms with van der Waals surface area (Å²) in [6.07, 6.45) is 0. The zero-order valence-electron chi connectivity index (χ0n) is 34.8. The lowest BCUT2D eigenvalue weighted by atomic mass is 9.84. The van der Waals surface area contributed by atoms with E-state index < -0.39 is 0 Å². The van der Waals surface area contributed by atoms with Crippen LogP contribution in [-0.4, -0.2) is 0 Å². The summed E-state index contributed by atoms with van der Waals surface area (Å²) in [6, 6.07) is 94.8. The molecule has 0 aliphatic heterocycles. The van der Waals surface area contributed by atoms with Crippen LogP contribution in [0.4, 0.5) is 17.1 Å². The Morgan fingerprint density at radius 2 is 0.619 bits per heavy atom. The molecule has 1 heteroatoms. The lowest BCUT2D eigenvalue weighted by Gasteiger charge is -2.30. The van der Waals surface area contributed by atoms with Crippen LogP contribution in [0.25, 0.3) is 88.3 Å². The van der Waals surface area contributed by atoms with Gasteiger partial charge in [-0.25, -0.2) is 0 Å². The van der Waals surface area contributed by atoms with Crippen molar-refractivity contribution in [3.8, 4) is 66.8 Å². The number of rotatable bonds is 9. The van der Waals surface area contributed by atoms with Gasteiger partial charge in [-0.3, -0.25) is 0 Å². The smallest absolute Gasteiger partial charge is 0.0540 e. The summed E-state index contributed by atoms with van der Waals surface area (Å²) in [7, 11) is 0. The second-order valence-electron chi connectivity index (χ2n) is 16.0. The molecule has 11 aromatic carbocycles. The molecule has 11 aromatic rings. The molecule has 0 heterocycles. The van der Waals surface area contributed by atoms with Gasteiger partial charge in [0.05, 0.1) is 5.69 Å². The minimum absolute atomic E-state index is 1.07. The topological polar surface area (TPSA) is 3.24 Å². The molecule has 0 fully saturated rings. The average Bonchev–Trinajstić information content (AvgIpc) is 3.37. The number of hydrogen-bond donors (Lipinski definition) is 0. The Balaban J connectivity index is 1.24. The predicted octanol–water partition coefficient (Wildman–Crippen LogP) is 17.5. The summed E-state index contributed by atoms with van der Waals surface area (Å²) < 4.78 is 0. The Bertz CT molecular complexity index is 3340. The lowest BCUT2D eigenvalue weighted by molar-refractivity contribution is 1.29. The van der Waals surface area contributed by atoms with Crippen molar-refractivity contribution in [2.45, 2.75) is 0 Å². The lowest BCUT2D eigenvalue weighted by Crippen LogP contribution is -2.12. The third-order valence-corrected chi connectivity index (χ3v) is 12.3. The summed E-state index contributed by atoms with van der Waals surface area (Å²) in [4.78, 5) is 2.48. The Labute approximate surface area is 369 Å². The van der Waals surface area contributed by atoms with Crippen molar-refractivity contribution in [2.24, 2.45) is 0 Å². The molecule has 0 N–H and O–H groups in total. The van der Waals surface area contributed by atoms with Crippen LogP contribution in [0.3, 0.4) is 0 Å². The standard InChI is InChI=1S/C62H43N/c1-7-21-44(22-8-1)50-35-40-60(58(41-50)47-27-13-4-14-28-47)63(51-36-38-53(45-23-9-2-10-24-45)57(42-51)46-25-11-3-12-26-46)52-37-39-55-54-33-19-20-34-56(54)61(48-29-15-5-16-30-48)62(59(55)43-52)49-31-17-6-18-32-49/h1-43H. The van der Waals surface area contributed by atoms with Gasteiger partial charge in [0.25, 0.3) is 0 Å². The third-order valence-electron chi connectivity index (χ3n) is 12.3. The van der Waals surface area contributed by atoms with Crippen molar-refractivity contribution in [1.82, 2.24) is 0 Å². The number of nitrogens with zero attached hydrogens (tertiary/aromatic N) is 1. The van der Waals surface area contributed by atoms with Gasteiger partial charge in [-0.15, -0.1) is 0 Å². The highest BCUT2D eigenvalue weighted by Crippen LogP contribution is 2.49. The first kappa shape index (κ1) is 37.7. The van der Waals surface area contributed by atoms with E-state index in [9.17, 15) is 0 Å². The van der Waals surface area contributed by atoms with Crippen LogP contribution >= 0.6 is 0 Å². The monoisotopic (exact) mass is 801 g/mol. The maximum atomic E-state index is 2.48. The normalized spacial score (nSPS) is 11.2. The van der Waals surface area contributed by atoms with Crippen molar-refractivity contribution in [3.05, 3.63) is 261 Å². The van der Waals surface area contributed by atoms with Crippen LogP contribution in [0.2, 0.25) is 0 Å². The SMILES string of the molecule is c1ccc(-c2ccc(N(c3ccc(-c4ccccc4)c(-c4ccccc4)c3)c3ccc4c(c3)c(-c3ccccc3)c(-c3ccccc3)c3ccccc34)c(-c3ccccc3)c2)cc1. The number of hydrogen-bond acceptors (Lipinski definition) is 1. The number of benzene rings is 11. The first-order chi connectivity index (χ1) is 31.3. The van der Waals surface area contributed by atoms with Gasteiger partial charge in [-0.05, 0) is 119 Å². The van der Waals surface area contributed by atoms with E-state index in [-0.39, 0.29) is 0 Å². The van der Waals surface area contributed by atoms with Crippen molar-refractivity contribution in [2.75, 3.05) is 4.90 Å². The molecule has 0 bridgehead atoms. The van der Waals surface area contributed by atoms with Gasteiger partial charge in [0.15, 0.2) is 0 Å². The second-order valence-corrected chi connectivity index (χ2v) is 16.0. The van der Waals surface area contributed by atoms with E-state index in [0.717, 1.165) is 28.2 Å². The fourth-order valence-corrected chi connectivity index (χ4v) is 9.34. The molecule has 11 rings (SSSR count). The van der Waals surface area contributed by atoms with Gasteiger partial charge in [-0.1, -0.05) is 224 Å². The maximum Gasteiger partial charge on any atom is 0.0540 e. The quantitative estimate of drug-likeness (QED) is 0.131.